The fourth-order valence-electron chi connectivity index (χ4n) is 4.53. The zero-order chi connectivity index (χ0) is 21.1. The van der Waals surface area contributed by atoms with Crippen LogP contribution in [-0.4, -0.2) is 32.8 Å². The SMILES string of the molecule is Cc1ncc(-c2cc3c(n4cnnc24)CCc2c(F)ccc4c2[C@H](CO4)CO3)cc1Cl. The van der Waals surface area contributed by atoms with Gasteiger partial charge in [0.1, 0.15) is 23.6 Å². The summed E-state index contributed by atoms with van der Waals surface area (Å²) in [5, 5.41) is 9.04. The number of ether oxygens (including phenoxy) is 2. The van der Waals surface area contributed by atoms with Crippen molar-refractivity contribution in [1.82, 2.24) is 19.6 Å². The van der Waals surface area contributed by atoms with Gasteiger partial charge in [-0.25, -0.2) is 4.39 Å². The van der Waals surface area contributed by atoms with Crippen molar-refractivity contribution in [2.45, 2.75) is 25.7 Å². The monoisotopic (exact) mass is 436 g/mol. The summed E-state index contributed by atoms with van der Waals surface area (Å²) >= 11 is 6.33. The number of halogens is 2. The molecule has 0 bridgehead atoms. The van der Waals surface area contributed by atoms with Crippen LogP contribution in [-0.2, 0) is 12.8 Å². The Morgan fingerprint density at radius 3 is 2.81 bits per heavy atom. The Kier molecular flexibility index (Phi) is 4.14. The molecule has 8 heteroatoms. The summed E-state index contributed by atoms with van der Waals surface area (Å²) in [6, 6.07) is 7.04. The third-order valence-electron chi connectivity index (χ3n) is 6.14. The quantitative estimate of drug-likeness (QED) is 0.438. The number of benzene rings is 1. The van der Waals surface area contributed by atoms with Crippen LogP contribution in [0, 0.1) is 12.7 Å². The van der Waals surface area contributed by atoms with E-state index < -0.39 is 0 Å². The molecule has 0 unspecified atom stereocenters. The maximum Gasteiger partial charge on any atom is 0.169 e. The summed E-state index contributed by atoms with van der Waals surface area (Å²) in [5.41, 5.74) is 5.66. The van der Waals surface area contributed by atoms with Crippen LogP contribution in [0.1, 0.15) is 28.4 Å². The van der Waals surface area contributed by atoms with Gasteiger partial charge < -0.3 is 9.47 Å². The van der Waals surface area contributed by atoms with Gasteiger partial charge >= 0.3 is 0 Å². The van der Waals surface area contributed by atoms with Gasteiger partial charge in [0.2, 0.25) is 0 Å². The lowest BCUT2D eigenvalue weighted by molar-refractivity contribution is 0.246. The molecule has 0 saturated carbocycles. The molecule has 0 saturated heterocycles. The first-order chi connectivity index (χ1) is 15.1. The average Bonchev–Trinajstić information content (AvgIpc) is 3.41. The molecule has 1 aromatic carbocycles. The van der Waals surface area contributed by atoms with Gasteiger partial charge in [-0.3, -0.25) is 9.38 Å². The Bertz CT molecular complexity index is 1350. The highest BCUT2D eigenvalue weighted by molar-refractivity contribution is 6.31. The highest BCUT2D eigenvalue weighted by Crippen LogP contribution is 2.41. The van der Waals surface area contributed by atoms with E-state index in [1.54, 1.807) is 18.6 Å². The fraction of sp³-hybridized carbons (Fsp3) is 0.261. The van der Waals surface area contributed by atoms with Gasteiger partial charge in [0.15, 0.2) is 5.65 Å². The van der Waals surface area contributed by atoms with E-state index in [0.717, 1.165) is 39.6 Å². The van der Waals surface area contributed by atoms with E-state index in [2.05, 4.69) is 15.2 Å². The van der Waals surface area contributed by atoms with E-state index in [9.17, 15) is 4.39 Å². The first kappa shape index (κ1) is 18.6. The molecule has 0 amide bonds. The lowest BCUT2D eigenvalue weighted by Crippen LogP contribution is -2.13. The van der Waals surface area contributed by atoms with Crippen molar-refractivity contribution in [3.8, 4) is 22.6 Å². The molecule has 156 valence electrons. The molecular weight excluding hydrogens is 419 g/mol. The molecule has 0 aliphatic carbocycles. The Morgan fingerprint density at radius 2 is 1.97 bits per heavy atom. The second-order valence-corrected chi connectivity index (χ2v) is 8.35. The van der Waals surface area contributed by atoms with Gasteiger partial charge in [0.05, 0.1) is 35.5 Å². The lowest BCUT2D eigenvalue weighted by Gasteiger charge is -2.16. The van der Waals surface area contributed by atoms with Crippen LogP contribution in [0.5, 0.6) is 11.5 Å². The van der Waals surface area contributed by atoms with Gasteiger partial charge in [-0.1, -0.05) is 11.6 Å². The van der Waals surface area contributed by atoms with Gasteiger partial charge in [0, 0.05) is 22.9 Å². The van der Waals surface area contributed by atoms with E-state index in [-0.39, 0.29) is 11.7 Å². The molecule has 0 N–H and O–H groups in total. The molecule has 6 rings (SSSR count). The molecule has 6 nitrogen and oxygen atoms in total. The van der Waals surface area contributed by atoms with Gasteiger partial charge in [0.25, 0.3) is 0 Å². The molecule has 3 aromatic heterocycles. The molecule has 0 fully saturated rings. The number of fused-ring (bicyclic) bond motifs is 3. The number of hydrogen-bond donors (Lipinski definition) is 0. The second kappa shape index (κ2) is 6.92. The van der Waals surface area contributed by atoms with Crippen LogP contribution in [0.15, 0.2) is 36.8 Å². The number of rotatable bonds is 1. The Labute approximate surface area is 182 Å². The van der Waals surface area contributed by atoms with Crippen molar-refractivity contribution >= 4 is 17.2 Å². The zero-order valence-electron chi connectivity index (χ0n) is 16.7. The summed E-state index contributed by atoms with van der Waals surface area (Å²) in [7, 11) is 0. The third kappa shape index (κ3) is 2.87. The normalized spacial score (nSPS) is 17.2. The molecule has 4 aromatic rings. The first-order valence-electron chi connectivity index (χ1n) is 10.1. The van der Waals surface area contributed by atoms with Crippen molar-refractivity contribution in [2.24, 2.45) is 0 Å². The Morgan fingerprint density at radius 1 is 1.13 bits per heavy atom. The van der Waals surface area contributed by atoms with Crippen LogP contribution in [0.4, 0.5) is 4.39 Å². The fourth-order valence-corrected chi connectivity index (χ4v) is 4.70. The predicted octanol–water partition coefficient (Wildman–Crippen LogP) is 4.55. The maximum atomic E-state index is 14.7. The number of aryl methyl sites for hydroxylation is 2. The molecule has 5 heterocycles. The summed E-state index contributed by atoms with van der Waals surface area (Å²) in [6.07, 6.45) is 4.56. The molecule has 0 radical (unpaired) electrons. The van der Waals surface area contributed by atoms with Crippen LogP contribution in [0.2, 0.25) is 5.02 Å². The minimum Gasteiger partial charge on any atom is -0.493 e. The first-order valence-corrected chi connectivity index (χ1v) is 10.5. The van der Waals surface area contributed by atoms with E-state index >= 15 is 0 Å². The van der Waals surface area contributed by atoms with Gasteiger partial charge in [-0.05, 0) is 49.6 Å². The van der Waals surface area contributed by atoms with Crippen molar-refractivity contribution in [3.05, 3.63) is 70.1 Å². The largest absolute Gasteiger partial charge is 0.493 e. The highest BCUT2D eigenvalue weighted by atomic mass is 35.5. The molecule has 0 spiro atoms. The smallest absolute Gasteiger partial charge is 0.169 e. The summed E-state index contributed by atoms with van der Waals surface area (Å²) in [6.45, 7) is 2.75. The average molecular weight is 437 g/mol. The van der Waals surface area contributed by atoms with Crippen molar-refractivity contribution in [2.75, 3.05) is 13.2 Å². The number of hydrogen-bond acceptors (Lipinski definition) is 5. The van der Waals surface area contributed by atoms with Crippen LogP contribution in [0.3, 0.4) is 0 Å². The molecule has 2 aliphatic heterocycles. The minimum atomic E-state index is -0.199. The zero-order valence-corrected chi connectivity index (χ0v) is 17.5. The second-order valence-electron chi connectivity index (χ2n) is 7.94. The molecule has 31 heavy (non-hydrogen) atoms. The van der Waals surface area contributed by atoms with Crippen LogP contribution in [0.25, 0.3) is 16.8 Å². The van der Waals surface area contributed by atoms with E-state index in [4.69, 9.17) is 21.1 Å². The van der Waals surface area contributed by atoms with E-state index in [0.29, 0.717) is 42.3 Å². The minimum absolute atomic E-state index is 0.0119. The summed E-state index contributed by atoms with van der Waals surface area (Å²) in [5.74, 6) is 1.27. The molecule has 1 atom stereocenters. The summed E-state index contributed by atoms with van der Waals surface area (Å²) < 4.78 is 28.8. The molecular formula is C23H18ClFN4O2. The standard InChI is InChI=1S/C23H18ClFN4O2/c1-12-17(24)6-13(8-26-12)16-7-21-19(29-11-27-28-23(16)29)4-2-15-18(25)3-5-20-22(15)14(9-30-20)10-31-21/h3,5-8,11,14H,2,4,9-10H2,1H3/t14-/m1/s1. The van der Waals surface area contributed by atoms with Gasteiger partial charge in [-0.2, -0.15) is 0 Å². The Hall–Kier alpha value is -3.19. The third-order valence-corrected chi connectivity index (χ3v) is 6.52. The summed E-state index contributed by atoms with van der Waals surface area (Å²) in [4.78, 5) is 4.39. The number of nitrogens with zero attached hydrogens (tertiary/aromatic N) is 4. The maximum absolute atomic E-state index is 14.7. The van der Waals surface area contributed by atoms with E-state index in [1.165, 1.54) is 6.07 Å². The number of aromatic nitrogens is 4. The van der Waals surface area contributed by atoms with Crippen LogP contribution < -0.4 is 9.47 Å². The number of pyridine rings is 2. The Balaban J connectivity index is 1.52. The highest BCUT2D eigenvalue weighted by Gasteiger charge is 2.31. The topological polar surface area (TPSA) is 61.5 Å². The lowest BCUT2D eigenvalue weighted by atomic mass is 9.93. The van der Waals surface area contributed by atoms with E-state index in [1.807, 2.05) is 23.5 Å². The predicted molar refractivity (Wildman–Crippen MR) is 114 cm³/mol. The van der Waals surface area contributed by atoms with Crippen molar-refractivity contribution in [3.63, 3.8) is 0 Å². The van der Waals surface area contributed by atoms with Crippen molar-refractivity contribution in [1.29, 1.82) is 0 Å². The van der Waals surface area contributed by atoms with Crippen LogP contribution >= 0.6 is 11.6 Å². The van der Waals surface area contributed by atoms with Crippen molar-refractivity contribution < 1.29 is 13.9 Å². The van der Waals surface area contributed by atoms with Gasteiger partial charge in [-0.15, -0.1) is 10.2 Å². The molecule has 2 aliphatic rings.